The van der Waals surface area contributed by atoms with Crippen molar-refractivity contribution in [3.8, 4) is 11.3 Å². The van der Waals surface area contributed by atoms with Crippen molar-refractivity contribution in [3.05, 3.63) is 41.7 Å². The second-order valence-electron chi connectivity index (χ2n) is 6.10. The van der Waals surface area contributed by atoms with Gasteiger partial charge in [-0.2, -0.15) is 0 Å². The van der Waals surface area contributed by atoms with E-state index >= 15 is 0 Å². The number of rotatable bonds is 5. The van der Waals surface area contributed by atoms with Crippen LogP contribution in [-0.2, 0) is 9.47 Å². The molecule has 2 aromatic rings. The zero-order valence-electron chi connectivity index (χ0n) is 14.2. The van der Waals surface area contributed by atoms with Crippen molar-refractivity contribution in [3.63, 3.8) is 0 Å². The normalized spacial score (nSPS) is 20.5. The largest absolute Gasteiger partial charge is 0.383 e. The molecule has 2 heterocycles. The number of nitrogens with zero attached hydrogens (tertiary/aromatic N) is 2. The summed E-state index contributed by atoms with van der Waals surface area (Å²) < 4.78 is 15.9. The van der Waals surface area contributed by atoms with Crippen LogP contribution in [0.15, 0.2) is 34.9 Å². The SMILES string of the molecule is COC[C@@H]1C[C@@H](OC)CN1C(=O)c1cc(-c2ccc(C)cc2)no1. The molecule has 0 radical (unpaired) electrons. The molecule has 1 aliphatic heterocycles. The van der Waals surface area contributed by atoms with E-state index in [0.29, 0.717) is 18.8 Å². The third-order valence-electron chi connectivity index (χ3n) is 4.40. The molecule has 0 N–H and O–H groups in total. The topological polar surface area (TPSA) is 64.8 Å². The fourth-order valence-electron chi connectivity index (χ4n) is 3.02. The molecule has 0 unspecified atom stereocenters. The molecule has 128 valence electrons. The summed E-state index contributed by atoms with van der Waals surface area (Å²) >= 11 is 0. The molecule has 0 spiro atoms. The molecular weight excluding hydrogens is 308 g/mol. The van der Waals surface area contributed by atoms with Crippen LogP contribution in [0.25, 0.3) is 11.3 Å². The van der Waals surface area contributed by atoms with Gasteiger partial charge in [-0.3, -0.25) is 4.79 Å². The van der Waals surface area contributed by atoms with Crippen molar-refractivity contribution >= 4 is 5.91 Å². The lowest BCUT2D eigenvalue weighted by Gasteiger charge is -2.22. The number of aryl methyl sites for hydroxylation is 1. The van der Waals surface area contributed by atoms with Gasteiger partial charge < -0.3 is 18.9 Å². The van der Waals surface area contributed by atoms with Crippen LogP contribution in [0.2, 0.25) is 0 Å². The van der Waals surface area contributed by atoms with Crippen molar-refractivity contribution in [1.82, 2.24) is 10.1 Å². The number of hydrogen-bond acceptors (Lipinski definition) is 5. The van der Waals surface area contributed by atoms with Crippen molar-refractivity contribution in [1.29, 1.82) is 0 Å². The van der Waals surface area contributed by atoms with Gasteiger partial charge in [0.05, 0.1) is 18.8 Å². The maximum Gasteiger partial charge on any atom is 0.292 e. The van der Waals surface area contributed by atoms with Gasteiger partial charge in [-0.25, -0.2) is 0 Å². The van der Waals surface area contributed by atoms with Crippen LogP contribution < -0.4 is 0 Å². The third kappa shape index (κ3) is 3.34. The minimum Gasteiger partial charge on any atom is -0.383 e. The van der Waals surface area contributed by atoms with Crippen molar-refractivity contribution < 1.29 is 18.8 Å². The minimum atomic E-state index is -0.178. The number of hydrogen-bond donors (Lipinski definition) is 0. The highest BCUT2D eigenvalue weighted by atomic mass is 16.5. The minimum absolute atomic E-state index is 0.0135. The highest BCUT2D eigenvalue weighted by Crippen LogP contribution is 2.25. The quantitative estimate of drug-likeness (QED) is 0.843. The molecule has 1 aliphatic rings. The van der Waals surface area contributed by atoms with Gasteiger partial charge >= 0.3 is 0 Å². The predicted molar refractivity (Wildman–Crippen MR) is 88.8 cm³/mol. The summed E-state index contributed by atoms with van der Waals surface area (Å²) in [4.78, 5) is 14.5. The van der Waals surface area contributed by atoms with E-state index in [-0.39, 0.29) is 23.8 Å². The molecule has 1 saturated heterocycles. The first-order chi connectivity index (χ1) is 11.6. The molecule has 1 aromatic carbocycles. The lowest BCUT2D eigenvalue weighted by atomic mass is 10.1. The number of methoxy groups -OCH3 is 2. The Morgan fingerprint density at radius 2 is 2.08 bits per heavy atom. The zero-order valence-corrected chi connectivity index (χ0v) is 14.2. The summed E-state index contributed by atoms with van der Waals surface area (Å²) in [5.74, 6) is 0.0610. The Hall–Kier alpha value is -2.18. The fourth-order valence-corrected chi connectivity index (χ4v) is 3.02. The van der Waals surface area contributed by atoms with Gasteiger partial charge in [-0.1, -0.05) is 35.0 Å². The van der Waals surface area contributed by atoms with Crippen molar-refractivity contribution in [2.24, 2.45) is 0 Å². The average molecular weight is 330 g/mol. The molecule has 6 nitrogen and oxygen atoms in total. The van der Waals surface area contributed by atoms with Gasteiger partial charge in [0.2, 0.25) is 5.76 Å². The maximum absolute atomic E-state index is 12.8. The first-order valence-electron chi connectivity index (χ1n) is 7.99. The molecule has 1 aromatic heterocycles. The Balaban J connectivity index is 1.78. The van der Waals surface area contributed by atoms with Crippen LogP contribution in [0.3, 0.4) is 0 Å². The van der Waals surface area contributed by atoms with Gasteiger partial charge in [-0.15, -0.1) is 0 Å². The predicted octanol–water partition coefficient (Wildman–Crippen LogP) is 2.53. The number of ether oxygens (including phenoxy) is 2. The van der Waals surface area contributed by atoms with E-state index in [1.165, 1.54) is 5.56 Å². The molecule has 2 atom stereocenters. The lowest BCUT2D eigenvalue weighted by molar-refractivity contribution is 0.0574. The molecular formula is C18H22N2O4. The van der Waals surface area contributed by atoms with Gasteiger partial charge in [-0.05, 0) is 13.3 Å². The van der Waals surface area contributed by atoms with Crippen molar-refractivity contribution in [2.75, 3.05) is 27.4 Å². The summed E-state index contributed by atoms with van der Waals surface area (Å²) in [5.41, 5.74) is 2.75. The first-order valence-corrected chi connectivity index (χ1v) is 7.99. The summed E-state index contributed by atoms with van der Waals surface area (Å²) in [6.45, 7) is 3.03. The fraction of sp³-hybridized carbons (Fsp3) is 0.444. The highest BCUT2D eigenvalue weighted by molar-refractivity contribution is 5.93. The van der Waals surface area contributed by atoms with Gasteiger partial charge in [0.15, 0.2) is 0 Å². The van der Waals surface area contributed by atoms with Crippen LogP contribution in [-0.4, -0.2) is 55.5 Å². The molecule has 0 aliphatic carbocycles. The second kappa shape index (κ2) is 7.15. The molecule has 0 bridgehead atoms. The Bertz CT molecular complexity index is 695. The Morgan fingerprint density at radius 1 is 1.33 bits per heavy atom. The molecule has 0 saturated carbocycles. The molecule has 1 fully saturated rings. The van der Waals surface area contributed by atoms with E-state index in [1.54, 1.807) is 25.2 Å². The van der Waals surface area contributed by atoms with Gasteiger partial charge in [0.1, 0.15) is 5.69 Å². The summed E-state index contributed by atoms with van der Waals surface area (Å²) in [7, 11) is 3.29. The Kier molecular flexibility index (Phi) is 4.97. The van der Waals surface area contributed by atoms with E-state index in [1.807, 2.05) is 31.2 Å². The Labute approximate surface area is 141 Å². The van der Waals surface area contributed by atoms with E-state index in [9.17, 15) is 4.79 Å². The summed E-state index contributed by atoms with van der Waals surface area (Å²) in [5, 5.41) is 4.03. The summed E-state index contributed by atoms with van der Waals surface area (Å²) in [6.07, 6.45) is 0.781. The zero-order chi connectivity index (χ0) is 17.1. The summed E-state index contributed by atoms with van der Waals surface area (Å²) in [6, 6.07) is 9.61. The number of likely N-dealkylation sites (tertiary alicyclic amines) is 1. The van der Waals surface area contributed by atoms with Gasteiger partial charge in [0, 0.05) is 32.4 Å². The first kappa shape index (κ1) is 16.7. The van der Waals surface area contributed by atoms with E-state index in [0.717, 1.165) is 12.0 Å². The van der Waals surface area contributed by atoms with E-state index in [4.69, 9.17) is 14.0 Å². The number of amides is 1. The van der Waals surface area contributed by atoms with Crippen LogP contribution in [0.1, 0.15) is 22.5 Å². The number of carbonyl (C=O) groups excluding carboxylic acids is 1. The lowest BCUT2D eigenvalue weighted by Crippen LogP contribution is -2.38. The van der Waals surface area contributed by atoms with Crippen LogP contribution in [0, 0.1) is 6.92 Å². The second-order valence-corrected chi connectivity index (χ2v) is 6.10. The highest BCUT2D eigenvalue weighted by Gasteiger charge is 2.37. The number of aromatic nitrogens is 1. The van der Waals surface area contributed by atoms with E-state index in [2.05, 4.69) is 5.16 Å². The van der Waals surface area contributed by atoms with Crippen LogP contribution in [0.5, 0.6) is 0 Å². The monoisotopic (exact) mass is 330 g/mol. The smallest absolute Gasteiger partial charge is 0.292 e. The molecule has 3 rings (SSSR count). The van der Waals surface area contributed by atoms with E-state index < -0.39 is 0 Å². The molecule has 1 amide bonds. The average Bonchev–Trinajstić information content (AvgIpc) is 3.22. The number of carbonyl (C=O) groups is 1. The standard InChI is InChI=1S/C18H22N2O4/c1-12-4-6-13(7-5-12)16-9-17(24-19-16)18(21)20-10-15(23-3)8-14(20)11-22-2/h4-7,9,14-15H,8,10-11H2,1-3H3/t14-,15+/m0/s1. The third-order valence-corrected chi connectivity index (χ3v) is 4.40. The number of benzene rings is 1. The van der Waals surface area contributed by atoms with Gasteiger partial charge in [0.25, 0.3) is 5.91 Å². The Morgan fingerprint density at radius 3 is 2.75 bits per heavy atom. The molecule has 24 heavy (non-hydrogen) atoms. The molecule has 6 heteroatoms. The van der Waals surface area contributed by atoms with Crippen LogP contribution in [0.4, 0.5) is 0 Å². The van der Waals surface area contributed by atoms with Crippen molar-refractivity contribution in [2.45, 2.75) is 25.5 Å². The van der Waals surface area contributed by atoms with Crippen LogP contribution >= 0.6 is 0 Å². The maximum atomic E-state index is 12.8.